The Morgan fingerprint density at radius 2 is 1.47 bits per heavy atom. The first-order valence-electron chi connectivity index (χ1n) is 7.65. The number of fused-ring (bicyclic) bond motifs is 3. The van der Waals surface area contributed by atoms with E-state index >= 15 is 0 Å². The minimum Gasteiger partial charge on any atom is -0.312 e. The molecule has 17 heavy (non-hydrogen) atoms. The Labute approximate surface area is 106 Å². The van der Waals surface area contributed by atoms with Crippen molar-refractivity contribution in [1.29, 1.82) is 0 Å². The van der Waals surface area contributed by atoms with Gasteiger partial charge in [-0.15, -0.1) is 0 Å². The molecular formula is C15H28N2. The summed E-state index contributed by atoms with van der Waals surface area (Å²) in [5, 5.41) is 7.68. The van der Waals surface area contributed by atoms with Crippen LogP contribution in [0.1, 0.15) is 40.0 Å². The Morgan fingerprint density at radius 3 is 2.29 bits per heavy atom. The molecule has 0 aromatic rings. The number of hydrogen-bond acceptors (Lipinski definition) is 2. The Balaban J connectivity index is 1.78. The van der Waals surface area contributed by atoms with Crippen LogP contribution in [0.5, 0.6) is 0 Å². The zero-order valence-electron chi connectivity index (χ0n) is 11.6. The van der Waals surface area contributed by atoms with Gasteiger partial charge in [0, 0.05) is 12.1 Å². The van der Waals surface area contributed by atoms with E-state index in [-0.39, 0.29) is 0 Å². The molecule has 3 aliphatic rings. The van der Waals surface area contributed by atoms with Crippen LogP contribution in [0.15, 0.2) is 0 Å². The first-order valence-corrected chi connectivity index (χ1v) is 7.65. The summed E-state index contributed by atoms with van der Waals surface area (Å²) in [5.41, 5.74) is 0. The topological polar surface area (TPSA) is 24.1 Å². The highest BCUT2D eigenvalue weighted by molar-refractivity contribution is 5.03. The molecule has 2 N–H and O–H groups in total. The molecule has 3 rings (SSSR count). The average molecular weight is 236 g/mol. The molecule has 3 fully saturated rings. The van der Waals surface area contributed by atoms with Gasteiger partial charge in [-0.2, -0.15) is 0 Å². The third-order valence-corrected chi connectivity index (χ3v) is 6.10. The van der Waals surface area contributed by atoms with Crippen LogP contribution in [0.2, 0.25) is 0 Å². The summed E-state index contributed by atoms with van der Waals surface area (Å²) in [6.45, 7) is 9.82. The van der Waals surface area contributed by atoms with E-state index in [1.165, 1.54) is 32.4 Å². The summed E-state index contributed by atoms with van der Waals surface area (Å²) in [4.78, 5) is 0. The minimum absolute atomic E-state index is 0.752. The molecule has 2 heterocycles. The van der Waals surface area contributed by atoms with E-state index in [1.54, 1.807) is 0 Å². The average Bonchev–Trinajstić information content (AvgIpc) is 2.34. The zero-order chi connectivity index (χ0) is 12.0. The molecule has 2 heteroatoms. The second-order valence-corrected chi connectivity index (χ2v) is 6.92. The van der Waals surface area contributed by atoms with Crippen molar-refractivity contribution in [3.05, 3.63) is 0 Å². The van der Waals surface area contributed by atoms with Gasteiger partial charge in [0.25, 0.3) is 0 Å². The maximum Gasteiger partial charge on any atom is 0.0254 e. The van der Waals surface area contributed by atoms with Crippen LogP contribution in [0.3, 0.4) is 0 Å². The van der Waals surface area contributed by atoms with E-state index < -0.39 is 0 Å². The molecular weight excluding hydrogens is 208 g/mol. The zero-order valence-corrected chi connectivity index (χ0v) is 11.6. The van der Waals surface area contributed by atoms with E-state index in [9.17, 15) is 0 Å². The Hall–Kier alpha value is -0.0800. The van der Waals surface area contributed by atoms with Crippen molar-refractivity contribution in [3.63, 3.8) is 0 Å². The standard InChI is InChI=1S/C15H28N2/c1-9-6-7-16-14-12(9)4-5-13-11(3)10(2)8-17-15(13)14/h9-17H,4-8H2,1-3H3. The highest BCUT2D eigenvalue weighted by Gasteiger charge is 2.46. The Kier molecular flexibility index (Phi) is 3.20. The normalized spacial score (nSPS) is 54.9. The lowest BCUT2D eigenvalue weighted by Gasteiger charge is -2.53. The molecule has 0 aromatic heterocycles. The van der Waals surface area contributed by atoms with E-state index in [2.05, 4.69) is 31.4 Å². The summed E-state index contributed by atoms with van der Waals surface area (Å²) < 4.78 is 0. The van der Waals surface area contributed by atoms with Gasteiger partial charge in [0.1, 0.15) is 0 Å². The quantitative estimate of drug-likeness (QED) is 0.674. The number of rotatable bonds is 0. The maximum atomic E-state index is 3.86. The van der Waals surface area contributed by atoms with Crippen LogP contribution in [-0.4, -0.2) is 25.2 Å². The lowest BCUT2D eigenvalue weighted by molar-refractivity contribution is 0.0212. The summed E-state index contributed by atoms with van der Waals surface area (Å²) >= 11 is 0. The molecule has 7 unspecified atom stereocenters. The third-order valence-electron chi connectivity index (χ3n) is 6.10. The lowest BCUT2D eigenvalue weighted by atomic mass is 9.62. The second-order valence-electron chi connectivity index (χ2n) is 6.92. The van der Waals surface area contributed by atoms with Crippen molar-refractivity contribution in [3.8, 4) is 0 Å². The fourth-order valence-corrected chi connectivity index (χ4v) is 4.68. The van der Waals surface area contributed by atoms with Crippen LogP contribution < -0.4 is 10.6 Å². The van der Waals surface area contributed by atoms with E-state index in [4.69, 9.17) is 0 Å². The van der Waals surface area contributed by atoms with Gasteiger partial charge >= 0.3 is 0 Å². The number of hydrogen-bond donors (Lipinski definition) is 2. The summed E-state index contributed by atoms with van der Waals surface area (Å²) in [5.74, 6) is 4.53. The van der Waals surface area contributed by atoms with Crippen molar-refractivity contribution in [2.24, 2.45) is 29.6 Å². The van der Waals surface area contributed by atoms with Gasteiger partial charge in [-0.1, -0.05) is 20.8 Å². The number of piperidine rings is 2. The molecule has 0 aromatic carbocycles. The fourth-order valence-electron chi connectivity index (χ4n) is 4.68. The summed E-state index contributed by atoms with van der Waals surface area (Å²) in [6.07, 6.45) is 4.29. The van der Waals surface area contributed by atoms with Crippen molar-refractivity contribution in [2.75, 3.05) is 13.1 Å². The maximum absolute atomic E-state index is 3.86. The molecule has 98 valence electrons. The molecule has 2 saturated heterocycles. The van der Waals surface area contributed by atoms with Gasteiger partial charge in [0.15, 0.2) is 0 Å². The summed E-state index contributed by atoms with van der Waals surface area (Å²) in [7, 11) is 0. The van der Waals surface area contributed by atoms with Crippen LogP contribution >= 0.6 is 0 Å². The van der Waals surface area contributed by atoms with Gasteiger partial charge in [0.05, 0.1) is 0 Å². The minimum atomic E-state index is 0.752. The fraction of sp³-hybridized carbons (Fsp3) is 1.00. The second kappa shape index (κ2) is 4.55. The van der Waals surface area contributed by atoms with E-state index in [0.29, 0.717) is 0 Å². The van der Waals surface area contributed by atoms with Crippen LogP contribution in [0.4, 0.5) is 0 Å². The molecule has 7 atom stereocenters. The number of nitrogens with one attached hydrogen (secondary N) is 2. The molecule has 0 radical (unpaired) electrons. The summed E-state index contributed by atoms with van der Waals surface area (Å²) in [6, 6.07) is 1.51. The first kappa shape index (κ1) is 12.0. The van der Waals surface area contributed by atoms with Crippen molar-refractivity contribution < 1.29 is 0 Å². The van der Waals surface area contributed by atoms with Gasteiger partial charge in [-0.05, 0) is 61.9 Å². The smallest absolute Gasteiger partial charge is 0.0254 e. The highest BCUT2D eigenvalue weighted by Crippen LogP contribution is 2.43. The van der Waals surface area contributed by atoms with Crippen molar-refractivity contribution in [1.82, 2.24) is 10.6 Å². The van der Waals surface area contributed by atoms with Crippen LogP contribution in [0.25, 0.3) is 0 Å². The van der Waals surface area contributed by atoms with Crippen molar-refractivity contribution in [2.45, 2.75) is 52.1 Å². The third kappa shape index (κ3) is 1.94. The van der Waals surface area contributed by atoms with Gasteiger partial charge in [0.2, 0.25) is 0 Å². The van der Waals surface area contributed by atoms with Crippen molar-refractivity contribution >= 4 is 0 Å². The first-order chi connectivity index (χ1) is 8.18. The lowest BCUT2D eigenvalue weighted by Crippen LogP contribution is -2.65. The van der Waals surface area contributed by atoms with E-state index in [1.807, 2.05) is 0 Å². The monoisotopic (exact) mass is 236 g/mol. The molecule has 0 bridgehead atoms. The van der Waals surface area contributed by atoms with Gasteiger partial charge < -0.3 is 10.6 Å². The van der Waals surface area contributed by atoms with Gasteiger partial charge in [-0.25, -0.2) is 0 Å². The Bertz CT molecular complexity index is 278. The Morgan fingerprint density at radius 1 is 0.765 bits per heavy atom. The van der Waals surface area contributed by atoms with Crippen LogP contribution in [-0.2, 0) is 0 Å². The molecule has 2 aliphatic heterocycles. The molecule has 0 spiro atoms. The molecule has 1 saturated carbocycles. The van der Waals surface area contributed by atoms with Crippen LogP contribution in [0, 0.1) is 29.6 Å². The highest BCUT2D eigenvalue weighted by atomic mass is 15.1. The predicted octanol–water partition coefficient (Wildman–Crippen LogP) is 2.25. The molecule has 0 amide bonds. The SMILES string of the molecule is CC1CNC2C(CCC3C(C)CCNC32)C1C. The van der Waals surface area contributed by atoms with E-state index in [0.717, 1.165) is 41.7 Å². The predicted molar refractivity (Wildman–Crippen MR) is 71.9 cm³/mol. The largest absolute Gasteiger partial charge is 0.312 e. The molecule has 2 nitrogen and oxygen atoms in total. The molecule has 1 aliphatic carbocycles. The van der Waals surface area contributed by atoms with Gasteiger partial charge in [-0.3, -0.25) is 0 Å².